The molecule has 0 heterocycles. The van der Waals surface area contributed by atoms with Gasteiger partial charge in [0.25, 0.3) is 0 Å². The van der Waals surface area contributed by atoms with E-state index < -0.39 is 0 Å². The minimum Gasteiger partial charge on any atom is -0.360 e. The topological polar surface area (TPSA) is 24.1 Å². The fourth-order valence-electron chi connectivity index (χ4n) is 2.69. The molecule has 1 aliphatic carbocycles. The van der Waals surface area contributed by atoms with Crippen molar-refractivity contribution in [1.82, 2.24) is 5.32 Å². The SMILES string of the molecule is Cc1c(Cl)cccc1NC(=S)NC1CCCCCCC1. The van der Waals surface area contributed by atoms with E-state index in [0.717, 1.165) is 16.3 Å². The molecule has 1 aromatic rings. The summed E-state index contributed by atoms with van der Waals surface area (Å²) in [6.45, 7) is 2.00. The first-order chi connectivity index (χ1) is 9.66. The van der Waals surface area contributed by atoms with Crippen LogP contribution in [0.5, 0.6) is 0 Å². The van der Waals surface area contributed by atoms with Crippen molar-refractivity contribution in [3.05, 3.63) is 28.8 Å². The maximum atomic E-state index is 6.13. The van der Waals surface area contributed by atoms with Crippen LogP contribution in [0.25, 0.3) is 0 Å². The van der Waals surface area contributed by atoms with Crippen LogP contribution in [0.2, 0.25) is 5.02 Å². The van der Waals surface area contributed by atoms with Crippen molar-refractivity contribution in [3.63, 3.8) is 0 Å². The molecule has 0 amide bonds. The zero-order chi connectivity index (χ0) is 14.4. The standard InChI is InChI=1S/C16H23ClN2S/c1-12-14(17)10-7-11-15(12)19-16(20)18-13-8-5-3-2-4-6-9-13/h7,10-11,13H,2-6,8-9H2,1H3,(H2,18,19,20). The quantitative estimate of drug-likeness (QED) is 0.748. The fourth-order valence-corrected chi connectivity index (χ4v) is 3.14. The number of rotatable bonds is 2. The van der Waals surface area contributed by atoms with Crippen LogP contribution in [0.1, 0.15) is 50.5 Å². The van der Waals surface area contributed by atoms with Crippen LogP contribution in [0.4, 0.5) is 5.69 Å². The van der Waals surface area contributed by atoms with Crippen LogP contribution in [-0.4, -0.2) is 11.2 Å². The summed E-state index contributed by atoms with van der Waals surface area (Å²) < 4.78 is 0. The Bertz CT molecular complexity index is 454. The molecule has 110 valence electrons. The van der Waals surface area contributed by atoms with E-state index in [2.05, 4.69) is 10.6 Å². The minimum absolute atomic E-state index is 0.509. The van der Waals surface area contributed by atoms with Crippen molar-refractivity contribution in [2.45, 2.75) is 57.9 Å². The highest BCUT2D eigenvalue weighted by Crippen LogP contribution is 2.23. The molecule has 4 heteroatoms. The zero-order valence-corrected chi connectivity index (χ0v) is 13.6. The second kappa shape index (κ2) is 7.84. The number of nitrogens with one attached hydrogen (secondary N) is 2. The van der Waals surface area contributed by atoms with E-state index in [9.17, 15) is 0 Å². The molecule has 1 aromatic carbocycles. The number of halogens is 1. The molecule has 1 saturated carbocycles. The number of anilines is 1. The van der Waals surface area contributed by atoms with Crippen molar-refractivity contribution < 1.29 is 0 Å². The lowest BCUT2D eigenvalue weighted by Gasteiger charge is -2.23. The molecular weight excluding hydrogens is 288 g/mol. The van der Waals surface area contributed by atoms with Gasteiger partial charge in [-0.2, -0.15) is 0 Å². The van der Waals surface area contributed by atoms with Crippen LogP contribution in [-0.2, 0) is 0 Å². The average Bonchev–Trinajstić information content (AvgIpc) is 2.38. The van der Waals surface area contributed by atoms with Crippen molar-refractivity contribution in [3.8, 4) is 0 Å². The van der Waals surface area contributed by atoms with E-state index >= 15 is 0 Å². The minimum atomic E-state index is 0.509. The first kappa shape index (κ1) is 15.6. The highest BCUT2D eigenvalue weighted by Gasteiger charge is 2.12. The highest BCUT2D eigenvalue weighted by atomic mass is 35.5. The molecular formula is C16H23ClN2S. The van der Waals surface area contributed by atoms with Crippen LogP contribution >= 0.6 is 23.8 Å². The summed E-state index contributed by atoms with van der Waals surface area (Å²) in [5.74, 6) is 0. The Labute approximate surface area is 132 Å². The predicted molar refractivity (Wildman–Crippen MR) is 91.7 cm³/mol. The van der Waals surface area contributed by atoms with Gasteiger partial charge < -0.3 is 10.6 Å². The second-order valence-electron chi connectivity index (χ2n) is 5.55. The van der Waals surface area contributed by atoms with Gasteiger partial charge >= 0.3 is 0 Å². The van der Waals surface area contributed by atoms with Crippen LogP contribution in [0, 0.1) is 6.92 Å². The molecule has 0 bridgehead atoms. The van der Waals surface area contributed by atoms with Crippen molar-refractivity contribution in [1.29, 1.82) is 0 Å². The lowest BCUT2D eigenvalue weighted by atomic mass is 9.97. The summed E-state index contributed by atoms with van der Waals surface area (Å²) in [7, 11) is 0. The van der Waals surface area contributed by atoms with Gasteiger partial charge in [0.05, 0.1) is 0 Å². The molecule has 2 rings (SSSR count). The zero-order valence-electron chi connectivity index (χ0n) is 12.0. The Balaban J connectivity index is 1.89. The predicted octanol–water partition coefficient (Wildman–Crippen LogP) is 5.05. The van der Waals surface area contributed by atoms with Crippen LogP contribution in [0.15, 0.2) is 18.2 Å². The Hall–Kier alpha value is -0.800. The molecule has 2 nitrogen and oxygen atoms in total. The summed E-state index contributed by atoms with van der Waals surface area (Å²) in [6, 6.07) is 6.35. The first-order valence-corrected chi connectivity index (χ1v) is 8.28. The molecule has 2 N–H and O–H groups in total. The van der Waals surface area contributed by atoms with E-state index in [0.29, 0.717) is 11.2 Å². The van der Waals surface area contributed by atoms with Gasteiger partial charge in [0.1, 0.15) is 0 Å². The molecule has 0 saturated heterocycles. The molecule has 20 heavy (non-hydrogen) atoms. The van der Waals surface area contributed by atoms with Gasteiger partial charge in [-0.3, -0.25) is 0 Å². The molecule has 0 spiro atoms. The highest BCUT2D eigenvalue weighted by molar-refractivity contribution is 7.80. The molecule has 0 atom stereocenters. The Morgan fingerprint density at radius 2 is 1.80 bits per heavy atom. The van der Waals surface area contributed by atoms with Gasteiger partial charge in [0.15, 0.2) is 5.11 Å². The van der Waals surface area contributed by atoms with Gasteiger partial charge in [-0.05, 0) is 49.7 Å². The summed E-state index contributed by atoms with van der Waals surface area (Å²) in [4.78, 5) is 0. The number of hydrogen-bond acceptors (Lipinski definition) is 1. The molecule has 0 aliphatic heterocycles. The van der Waals surface area contributed by atoms with Gasteiger partial charge in [-0.25, -0.2) is 0 Å². The molecule has 0 aromatic heterocycles. The Morgan fingerprint density at radius 1 is 1.15 bits per heavy atom. The summed E-state index contributed by atoms with van der Waals surface area (Å²) >= 11 is 11.6. The van der Waals surface area contributed by atoms with E-state index in [-0.39, 0.29) is 0 Å². The van der Waals surface area contributed by atoms with Crippen molar-refractivity contribution >= 4 is 34.6 Å². The van der Waals surface area contributed by atoms with Crippen LogP contribution in [0.3, 0.4) is 0 Å². The number of hydrogen-bond donors (Lipinski definition) is 2. The van der Waals surface area contributed by atoms with E-state index in [1.807, 2.05) is 25.1 Å². The molecule has 0 radical (unpaired) electrons. The molecule has 1 aliphatic rings. The molecule has 1 fully saturated rings. The first-order valence-electron chi connectivity index (χ1n) is 7.49. The fraction of sp³-hybridized carbons (Fsp3) is 0.562. The maximum Gasteiger partial charge on any atom is 0.171 e. The third-order valence-corrected chi connectivity index (χ3v) is 4.59. The molecule has 0 unspecified atom stereocenters. The monoisotopic (exact) mass is 310 g/mol. The van der Waals surface area contributed by atoms with E-state index in [1.165, 1.54) is 44.9 Å². The summed E-state index contributed by atoms with van der Waals surface area (Å²) in [5.41, 5.74) is 2.02. The lowest BCUT2D eigenvalue weighted by Crippen LogP contribution is -2.38. The summed E-state index contributed by atoms with van der Waals surface area (Å²) in [6.07, 6.45) is 9.13. The number of benzene rings is 1. The van der Waals surface area contributed by atoms with Gasteiger partial charge in [-0.1, -0.05) is 49.8 Å². The smallest absolute Gasteiger partial charge is 0.171 e. The third kappa shape index (κ3) is 4.64. The lowest BCUT2D eigenvalue weighted by molar-refractivity contribution is 0.430. The second-order valence-corrected chi connectivity index (χ2v) is 6.37. The Kier molecular flexibility index (Phi) is 6.11. The van der Waals surface area contributed by atoms with E-state index in [1.54, 1.807) is 0 Å². The van der Waals surface area contributed by atoms with Crippen LogP contribution < -0.4 is 10.6 Å². The normalized spacial score (nSPS) is 17.1. The van der Waals surface area contributed by atoms with Gasteiger partial charge in [0.2, 0.25) is 0 Å². The Morgan fingerprint density at radius 3 is 2.50 bits per heavy atom. The number of thiocarbonyl (C=S) groups is 1. The maximum absolute atomic E-state index is 6.13. The summed E-state index contributed by atoms with van der Waals surface area (Å²) in [5, 5.41) is 8.21. The van der Waals surface area contributed by atoms with Gasteiger partial charge in [0, 0.05) is 16.8 Å². The van der Waals surface area contributed by atoms with E-state index in [4.69, 9.17) is 23.8 Å². The van der Waals surface area contributed by atoms with Crippen molar-refractivity contribution in [2.24, 2.45) is 0 Å². The average molecular weight is 311 g/mol. The largest absolute Gasteiger partial charge is 0.360 e. The van der Waals surface area contributed by atoms with Gasteiger partial charge in [-0.15, -0.1) is 0 Å². The van der Waals surface area contributed by atoms with Crippen molar-refractivity contribution in [2.75, 3.05) is 5.32 Å². The third-order valence-electron chi connectivity index (χ3n) is 3.96.